The Morgan fingerprint density at radius 2 is 2.16 bits per heavy atom. The number of nitrogens with zero attached hydrogens (tertiary/aromatic N) is 3. The summed E-state index contributed by atoms with van der Waals surface area (Å²) in [6.45, 7) is 3.52. The van der Waals surface area contributed by atoms with Crippen LogP contribution in [0.15, 0.2) is 42.9 Å². The second-order valence-electron chi connectivity index (χ2n) is 4.59. The van der Waals surface area contributed by atoms with Crippen LogP contribution in [-0.2, 0) is 13.6 Å². The molecule has 4 nitrogen and oxygen atoms in total. The highest BCUT2D eigenvalue weighted by atomic mass is 16.5. The van der Waals surface area contributed by atoms with Crippen LogP contribution in [0.5, 0.6) is 5.75 Å². The first-order valence-corrected chi connectivity index (χ1v) is 6.46. The number of hydrogen-bond acceptors (Lipinski definition) is 2. The molecule has 0 saturated carbocycles. The van der Waals surface area contributed by atoms with Crippen molar-refractivity contribution in [3.63, 3.8) is 0 Å². The lowest BCUT2D eigenvalue weighted by Gasteiger charge is -2.06. The predicted molar refractivity (Wildman–Crippen MR) is 75.4 cm³/mol. The van der Waals surface area contributed by atoms with Gasteiger partial charge >= 0.3 is 0 Å². The molecule has 0 aliphatic carbocycles. The molecule has 0 aliphatic heterocycles. The van der Waals surface area contributed by atoms with Gasteiger partial charge in [0.1, 0.15) is 5.75 Å². The van der Waals surface area contributed by atoms with E-state index in [1.807, 2.05) is 43.2 Å². The molecule has 1 aromatic carbocycles. The van der Waals surface area contributed by atoms with Gasteiger partial charge in [0.25, 0.3) is 0 Å². The maximum atomic E-state index is 5.66. The number of fused-ring (bicyclic) bond motifs is 1. The molecule has 19 heavy (non-hydrogen) atoms. The summed E-state index contributed by atoms with van der Waals surface area (Å²) in [5, 5.41) is 5.36. The van der Waals surface area contributed by atoms with Crippen molar-refractivity contribution in [2.75, 3.05) is 6.61 Å². The van der Waals surface area contributed by atoms with Crippen LogP contribution in [0.1, 0.15) is 12.5 Å². The van der Waals surface area contributed by atoms with Crippen molar-refractivity contribution < 1.29 is 4.74 Å². The Morgan fingerprint density at radius 3 is 2.89 bits per heavy atom. The Balaban J connectivity index is 1.98. The van der Waals surface area contributed by atoms with E-state index in [0.717, 1.165) is 17.7 Å². The van der Waals surface area contributed by atoms with Crippen LogP contribution in [0.25, 0.3) is 10.9 Å². The predicted octanol–water partition coefficient (Wildman–Crippen LogP) is 2.82. The van der Waals surface area contributed by atoms with Gasteiger partial charge < -0.3 is 9.30 Å². The third-order valence-electron chi connectivity index (χ3n) is 3.18. The highest BCUT2D eigenvalue weighted by Crippen LogP contribution is 2.27. The minimum absolute atomic E-state index is 0.687. The highest BCUT2D eigenvalue weighted by Gasteiger charge is 2.07. The average molecular weight is 255 g/mol. The quantitative estimate of drug-likeness (QED) is 0.718. The molecule has 0 atom stereocenters. The molecule has 0 radical (unpaired) electrons. The summed E-state index contributed by atoms with van der Waals surface area (Å²) in [4.78, 5) is 0. The number of ether oxygens (including phenoxy) is 1. The molecule has 0 saturated heterocycles. The van der Waals surface area contributed by atoms with E-state index in [4.69, 9.17) is 4.74 Å². The van der Waals surface area contributed by atoms with Gasteiger partial charge in [-0.05, 0) is 25.1 Å². The van der Waals surface area contributed by atoms with E-state index in [1.165, 1.54) is 11.1 Å². The summed E-state index contributed by atoms with van der Waals surface area (Å²) in [5.41, 5.74) is 2.39. The molecule has 0 aliphatic rings. The molecule has 2 aromatic heterocycles. The fraction of sp³-hybridized carbons (Fsp3) is 0.267. The van der Waals surface area contributed by atoms with Crippen LogP contribution in [-0.4, -0.2) is 21.0 Å². The zero-order valence-corrected chi connectivity index (χ0v) is 11.2. The topological polar surface area (TPSA) is 32.0 Å². The van der Waals surface area contributed by atoms with Gasteiger partial charge in [-0.3, -0.25) is 4.68 Å². The number of hydrogen-bond donors (Lipinski definition) is 0. The highest BCUT2D eigenvalue weighted by molar-refractivity contribution is 5.86. The lowest BCUT2D eigenvalue weighted by molar-refractivity contribution is 0.344. The fourth-order valence-corrected chi connectivity index (χ4v) is 2.36. The monoisotopic (exact) mass is 255 g/mol. The molecular formula is C15H17N3O. The van der Waals surface area contributed by atoms with E-state index in [0.29, 0.717) is 6.61 Å². The van der Waals surface area contributed by atoms with Crippen LogP contribution < -0.4 is 4.74 Å². The molecule has 4 heteroatoms. The Kier molecular flexibility index (Phi) is 2.99. The van der Waals surface area contributed by atoms with Crippen LogP contribution in [0.4, 0.5) is 0 Å². The molecule has 0 amide bonds. The maximum absolute atomic E-state index is 5.66. The molecular weight excluding hydrogens is 238 g/mol. The lowest BCUT2D eigenvalue weighted by Crippen LogP contribution is -1.97. The normalized spacial score (nSPS) is 11.1. The third kappa shape index (κ3) is 2.21. The van der Waals surface area contributed by atoms with Gasteiger partial charge in [-0.2, -0.15) is 5.10 Å². The van der Waals surface area contributed by atoms with E-state index in [-0.39, 0.29) is 0 Å². The molecule has 0 bridgehead atoms. The first kappa shape index (κ1) is 11.8. The van der Waals surface area contributed by atoms with E-state index in [9.17, 15) is 0 Å². The second-order valence-corrected chi connectivity index (χ2v) is 4.59. The third-order valence-corrected chi connectivity index (χ3v) is 3.18. The minimum atomic E-state index is 0.687. The van der Waals surface area contributed by atoms with Crippen LogP contribution >= 0.6 is 0 Å². The smallest absolute Gasteiger partial charge is 0.128 e. The molecule has 0 N–H and O–H groups in total. The van der Waals surface area contributed by atoms with Crippen molar-refractivity contribution in [3.05, 3.63) is 48.4 Å². The van der Waals surface area contributed by atoms with Gasteiger partial charge in [-0.25, -0.2) is 0 Å². The van der Waals surface area contributed by atoms with Gasteiger partial charge in [-0.1, -0.05) is 6.07 Å². The largest absolute Gasteiger partial charge is 0.493 e. The zero-order valence-electron chi connectivity index (χ0n) is 11.2. The Hall–Kier alpha value is -2.23. The maximum Gasteiger partial charge on any atom is 0.128 e. The van der Waals surface area contributed by atoms with Crippen LogP contribution in [0.3, 0.4) is 0 Å². The zero-order chi connectivity index (χ0) is 13.2. The second kappa shape index (κ2) is 4.80. The molecule has 98 valence electrons. The van der Waals surface area contributed by atoms with Crippen LogP contribution in [0, 0.1) is 0 Å². The van der Waals surface area contributed by atoms with Crippen molar-refractivity contribution in [1.82, 2.24) is 14.3 Å². The average Bonchev–Trinajstić information content (AvgIpc) is 2.99. The molecule has 3 rings (SSSR count). The molecule has 3 aromatic rings. The fourth-order valence-electron chi connectivity index (χ4n) is 2.36. The Labute approximate surface area is 112 Å². The van der Waals surface area contributed by atoms with E-state index in [1.54, 1.807) is 0 Å². The minimum Gasteiger partial charge on any atom is -0.493 e. The van der Waals surface area contributed by atoms with Crippen molar-refractivity contribution in [1.29, 1.82) is 0 Å². The Morgan fingerprint density at radius 1 is 1.26 bits per heavy atom. The molecule has 0 unspecified atom stereocenters. The lowest BCUT2D eigenvalue weighted by atomic mass is 10.2. The summed E-state index contributed by atoms with van der Waals surface area (Å²) in [6.07, 6.45) is 6.04. The van der Waals surface area contributed by atoms with Gasteiger partial charge in [-0.15, -0.1) is 0 Å². The summed E-state index contributed by atoms with van der Waals surface area (Å²) in [7, 11) is 1.93. The van der Waals surface area contributed by atoms with E-state index >= 15 is 0 Å². The molecule has 0 spiro atoms. The summed E-state index contributed by atoms with van der Waals surface area (Å²) in [5.74, 6) is 0.949. The summed E-state index contributed by atoms with van der Waals surface area (Å²) in [6, 6.07) is 8.28. The van der Waals surface area contributed by atoms with Gasteiger partial charge in [0.15, 0.2) is 0 Å². The first-order valence-electron chi connectivity index (χ1n) is 6.46. The number of aryl methyl sites for hydroxylation is 1. The van der Waals surface area contributed by atoms with Crippen LogP contribution in [0.2, 0.25) is 0 Å². The van der Waals surface area contributed by atoms with Crippen molar-refractivity contribution in [2.24, 2.45) is 7.05 Å². The standard InChI is InChI=1S/C15H17N3O/c1-3-19-15-6-4-5-14-13(15)7-8-18(14)11-12-9-16-17(2)10-12/h4-10H,3,11H2,1-2H3. The van der Waals surface area contributed by atoms with Crippen molar-refractivity contribution in [3.8, 4) is 5.75 Å². The van der Waals surface area contributed by atoms with Crippen molar-refractivity contribution >= 4 is 10.9 Å². The first-order chi connectivity index (χ1) is 9.28. The van der Waals surface area contributed by atoms with Gasteiger partial charge in [0.05, 0.1) is 24.9 Å². The van der Waals surface area contributed by atoms with Crippen molar-refractivity contribution in [2.45, 2.75) is 13.5 Å². The number of benzene rings is 1. The Bertz CT molecular complexity index is 696. The van der Waals surface area contributed by atoms with Gasteiger partial charge in [0.2, 0.25) is 0 Å². The molecule has 0 fully saturated rings. The van der Waals surface area contributed by atoms with E-state index < -0.39 is 0 Å². The number of rotatable bonds is 4. The summed E-state index contributed by atoms with van der Waals surface area (Å²) < 4.78 is 9.70. The van der Waals surface area contributed by atoms with E-state index in [2.05, 4.69) is 28.0 Å². The number of aromatic nitrogens is 3. The summed E-state index contributed by atoms with van der Waals surface area (Å²) >= 11 is 0. The molecule has 2 heterocycles. The SMILES string of the molecule is CCOc1cccc2c1ccn2Cc1cnn(C)c1. The van der Waals surface area contributed by atoms with Gasteiger partial charge in [0, 0.05) is 30.4 Å².